The van der Waals surface area contributed by atoms with E-state index < -0.39 is 15.6 Å². The smallest absolute Gasteiger partial charge is 0.214 e. The van der Waals surface area contributed by atoms with E-state index >= 15 is 0 Å². The lowest BCUT2D eigenvalue weighted by Crippen LogP contribution is -2.56. The van der Waals surface area contributed by atoms with Gasteiger partial charge in [0.2, 0.25) is 10.0 Å². The lowest BCUT2D eigenvalue weighted by molar-refractivity contribution is 0.0702. The van der Waals surface area contributed by atoms with E-state index in [0.29, 0.717) is 45.0 Å². The number of unbranched alkanes of at least 4 members (excludes halogenated alkanes) is 1. The van der Waals surface area contributed by atoms with Crippen molar-refractivity contribution < 1.29 is 13.2 Å². The summed E-state index contributed by atoms with van der Waals surface area (Å²) in [6, 6.07) is 0. The first-order chi connectivity index (χ1) is 14.5. The zero-order valence-corrected chi connectivity index (χ0v) is 18.4. The maximum atomic E-state index is 11.9. The molecule has 3 heterocycles. The van der Waals surface area contributed by atoms with Crippen molar-refractivity contribution >= 4 is 21.9 Å². The highest BCUT2D eigenvalue weighted by Gasteiger charge is 2.52. The predicted molar refractivity (Wildman–Crippen MR) is 119 cm³/mol. The quantitative estimate of drug-likeness (QED) is 0.555. The van der Waals surface area contributed by atoms with Gasteiger partial charge in [0.25, 0.3) is 0 Å². The lowest BCUT2D eigenvalue weighted by atomic mass is 9.81. The van der Waals surface area contributed by atoms with Gasteiger partial charge in [-0.25, -0.2) is 8.42 Å². The summed E-state index contributed by atoms with van der Waals surface area (Å²) in [5.74, 6) is 0.249. The average Bonchev–Trinajstić information content (AvgIpc) is 3.23. The summed E-state index contributed by atoms with van der Waals surface area (Å²) in [6.07, 6.45) is 13.6. The predicted octanol–water partition coefficient (Wildman–Crippen LogP) is 1.43. The topological polar surface area (TPSA) is 101 Å². The Hall–Kier alpha value is -1.81. The molecule has 8 nitrogen and oxygen atoms in total. The molecule has 2 unspecified atom stereocenters. The first-order valence-corrected chi connectivity index (χ1v) is 12.4. The second kappa shape index (κ2) is 8.74. The van der Waals surface area contributed by atoms with Crippen molar-refractivity contribution in [3.8, 4) is 0 Å². The van der Waals surface area contributed by atoms with E-state index in [4.69, 9.17) is 15.5 Å². The number of sulfonamides is 1. The van der Waals surface area contributed by atoms with Gasteiger partial charge in [0.15, 0.2) is 0 Å². The van der Waals surface area contributed by atoms with Crippen LogP contribution in [0, 0.1) is 0 Å². The van der Waals surface area contributed by atoms with Crippen molar-refractivity contribution in [2.24, 2.45) is 15.7 Å². The molecule has 9 heteroatoms. The van der Waals surface area contributed by atoms with E-state index in [1.54, 1.807) is 6.21 Å². The molecule has 2 N–H and O–H groups in total. The molecule has 1 aliphatic carbocycles. The molecule has 0 radical (unpaired) electrons. The molecule has 0 bridgehead atoms. The SMILES string of the molecule is CCCCC1N=C2C(N)=CC=C3N=CC=CC32N1CCOCCN1CCCS1(=O)=O. The molecular weight excluding hydrogens is 402 g/mol. The molecule has 0 aromatic rings. The summed E-state index contributed by atoms with van der Waals surface area (Å²) in [5.41, 5.74) is 8.28. The van der Waals surface area contributed by atoms with Crippen molar-refractivity contribution in [1.29, 1.82) is 0 Å². The number of ether oxygens (including phenoxy) is 1. The molecule has 164 valence electrons. The molecule has 0 aromatic carbocycles. The minimum atomic E-state index is -3.08. The normalized spacial score (nSPS) is 30.0. The van der Waals surface area contributed by atoms with Gasteiger partial charge < -0.3 is 10.5 Å². The second-order valence-corrected chi connectivity index (χ2v) is 10.1. The van der Waals surface area contributed by atoms with Crippen molar-refractivity contribution in [3.63, 3.8) is 0 Å². The summed E-state index contributed by atoms with van der Waals surface area (Å²) in [7, 11) is -3.08. The Labute approximate surface area is 178 Å². The maximum absolute atomic E-state index is 11.9. The number of aliphatic imine (C=N–C) groups is 2. The molecule has 4 rings (SSSR count). The summed E-state index contributed by atoms with van der Waals surface area (Å²) >= 11 is 0. The number of rotatable bonds is 9. The molecule has 1 spiro atoms. The van der Waals surface area contributed by atoms with Gasteiger partial charge in [-0.3, -0.25) is 14.9 Å². The molecular formula is C21H31N5O3S. The molecule has 4 aliphatic rings. The van der Waals surface area contributed by atoms with Crippen LogP contribution in [0.3, 0.4) is 0 Å². The van der Waals surface area contributed by atoms with Crippen LogP contribution in [0.15, 0.2) is 45.7 Å². The minimum absolute atomic E-state index is 0.0221. The molecule has 1 fully saturated rings. The number of nitrogens with zero attached hydrogens (tertiary/aromatic N) is 4. The van der Waals surface area contributed by atoms with Crippen LogP contribution in [0.5, 0.6) is 0 Å². The number of nitrogens with two attached hydrogens (primary N) is 1. The highest BCUT2D eigenvalue weighted by Crippen LogP contribution is 2.42. The van der Waals surface area contributed by atoms with Crippen LogP contribution in [-0.2, 0) is 14.8 Å². The Bertz CT molecular complexity index is 921. The fraction of sp³-hybridized carbons (Fsp3) is 0.619. The fourth-order valence-electron chi connectivity index (χ4n) is 4.64. The van der Waals surface area contributed by atoms with Crippen LogP contribution in [0.4, 0.5) is 0 Å². The van der Waals surface area contributed by atoms with Crippen molar-refractivity contribution in [1.82, 2.24) is 9.21 Å². The summed E-state index contributed by atoms with van der Waals surface area (Å²) in [5, 5.41) is 0. The van der Waals surface area contributed by atoms with Crippen LogP contribution < -0.4 is 5.73 Å². The Morgan fingerprint density at radius 2 is 2.13 bits per heavy atom. The van der Waals surface area contributed by atoms with Crippen molar-refractivity contribution in [2.75, 3.05) is 38.6 Å². The number of dihydropyridines is 1. The van der Waals surface area contributed by atoms with Gasteiger partial charge in [0.05, 0.1) is 36.1 Å². The van der Waals surface area contributed by atoms with Gasteiger partial charge in [-0.15, -0.1) is 0 Å². The zero-order valence-electron chi connectivity index (χ0n) is 17.5. The zero-order chi connectivity index (χ0) is 21.2. The van der Waals surface area contributed by atoms with Crippen LogP contribution in [-0.4, -0.2) is 79.9 Å². The highest BCUT2D eigenvalue weighted by molar-refractivity contribution is 7.89. The Morgan fingerprint density at radius 1 is 1.30 bits per heavy atom. The average molecular weight is 434 g/mol. The fourth-order valence-corrected chi connectivity index (χ4v) is 6.15. The van der Waals surface area contributed by atoms with E-state index in [0.717, 1.165) is 30.7 Å². The van der Waals surface area contributed by atoms with Gasteiger partial charge in [-0.2, -0.15) is 4.31 Å². The van der Waals surface area contributed by atoms with E-state index in [1.807, 2.05) is 18.2 Å². The van der Waals surface area contributed by atoms with Crippen LogP contribution >= 0.6 is 0 Å². The Morgan fingerprint density at radius 3 is 2.90 bits per heavy atom. The Kier molecular flexibility index (Phi) is 6.24. The molecule has 30 heavy (non-hydrogen) atoms. The number of allylic oxidation sites excluding steroid dienone is 3. The van der Waals surface area contributed by atoms with E-state index in [9.17, 15) is 8.42 Å². The highest BCUT2D eigenvalue weighted by atomic mass is 32.2. The molecule has 0 saturated carbocycles. The van der Waals surface area contributed by atoms with Gasteiger partial charge in [-0.05, 0) is 31.1 Å². The molecule has 0 aromatic heterocycles. The molecule has 0 amide bonds. The van der Waals surface area contributed by atoms with E-state index in [2.05, 4.69) is 22.9 Å². The van der Waals surface area contributed by atoms with Crippen LogP contribution in [0.2, 0.25) is 0 Å². The maximum Gasteiger partial charge on any atom is 0.214 e. The van der Waals surface area contributed by atoms with Gasteiger partial charge in [-0.1, -0.05) is 25.8 Å². The van der Waals surface area contributed by atoms with Crippen molar-refractivity contribution in [2.45, 2.75) is 44.3 Å². The third kappa shape index (κ3) is 3.79. The van der Waals surface area contributed by atoms with Gasteiger partial charge >= 0.3 is 0 Å². The largest absolute Gasteiger partial charge is 0.397 e. The minimum Gasteiger partial charge on any atom is -0.397 e. The molecule has 3 aliphatic heterocycles. The second-order valence-electron chi connectivity index (χ2n) is 8.05. The van der Waals surface area contributed by atoms with E-state index in [1.165, 1.54) is 4.31 Å². The molecule has 1 saturated heterocycles. The first kappa shape index (κ1) is 21.4. The Balaban J connectivity index is 1.43. The summed E-state index contributed by atoms with van der Waals surface area (Å²) in [6.45, 7) is 4.75. The summed E-state index contributed by atoms with van der Waals surface area (Å²) in [4.78, 5) is 12.0. The van der Waals surface area contributed by atoms with Crippen LogP contribution in [0.25, 0.3) is 0 Å². The summed E-state index contributed by atoms with van der Waals surface area (Å²) < 4.78 is 31.2. The van der Waals surface area contributed by atoms with Gasteiger partial charge in [0, 0.05) is 25.8 Å². The van der Waals surface area contributed by atoms with Crippen LogP contribution in [0.1, 0.15) is 32.6 Å². The van der Waals surface area contributed by atoms with E-state index in [-0.39, 0.29) is 11.9 Å². The third-order valence-electron chi connectivity index (χ3n) is 6.15. The van der Waals surface area contributed by atoms with Crippen molar-refractivity contribution in [3.05, 3.63) is 35.7 Å². The van der Waals surface area contributed by atoms with Gasteiger partial charge in [0.1, 0.15) is 11.7 Å². The standard InChI is InChI=1S/C21H31N5O3S/c1-2-3-6-19-24-20-17(22)7-8-18-21(20,9-4-10-23-18)26(19)13-15-29-14-12-25-11-5-16-30(25,27)28/h4,7-10,19H,2-3,5-6,11-16,22H2,1H3. The molecule has 2 atom stereocenters. The third-order valence-corrected chi connectivity index (χ3v) is 8.11. The monoisotopic (exact) mass is 433 g/mol. The number of hydrogen-bond donors (Lipinski definition) is 1. The number of hydrogen-bond acceptors (Lipinski definition) is 7. The lowest BCUT2D eigenvalue weighted by Gasteiger charge is -2.42. The first-order valence-electron chi connectivity index (χ1n) is 10.8.